The van der Waals surface area contributed by atoms with Crippen molar-refractivity contribution < 1.29 is 4.74 Å². The summed E-state index contributed by atoms with van der Waals surface area (Å²) in [5, 5.41) is 0.169. The third kappa shape index (κ3) is 2.88. The Bertz CT molecular complexity index is 418. The first-order valence-corrected chi connectivity index (χ1v) is 7.30. The normalized spacial score (nSPS) is 23.8. The van der Waals surface area contributed by atoms with Crippen LogP contribution in [0.1, 0.15) is 25.7 Å². The number of anilines is 1. The van der Waals surface area contributed by atoms with E-state index in [9.17, 15) is 0 Å². The zero-order chi connectivity index (χ0) is 13.1. The highest BCUT2D eigenvalue weighted by Crippen LogP contribution is 2.30. The number of aromatic nitrogens is 2. The van der Waals surface area contributed by atoms with Crippen LogP contribution in [0.15, 0.2) is 10.7 Å². The molecular formula is C12H17BrClN3O. The summed E-state index contributed by atoms with van der Waals surface area (Å²) in [5.41, 5.74) is 0. The van der Waals surface area contributed by atoms with Gasteiger partial charge in [0.15, 0.2) is 0 Å². The molecule has 1 aromatic heterocycles. The van der Waals surface area contributed by atoms with Gasteiger partial charge in [-0.3, -0.25) is 0 Å². The minimum Gasteiger partial charge on any atom is -0.480 e. The van der Waals surface area contributed by atoms with Crippen LogP contribution >= 0.6 is 27.5 Å². The smallest absolute Gasteiger partial charge is 0.232 e. The van der Waals surface area contributed by atoms with Gasteiger partial charge in [-0.2, -0.15) is 4.98 Å². The predicted octanol–water partition coefficient (Wildman–Crippen LogP) is 3.23. The molecule has 1 saturated carbocycles. The summed E-state index contributed by atoms with van der Waals surface area (Å²) in [5.74, 6) is 1.21. The van der Waals surface area contributed by atoms with Crippen molar-refractivity contribution in [3.63, 3.8) is 0 Å². The van der Waals surface area contributed by atoms with Gasteiger partial charge in [-0.15, -0.1) is 11.6 Å². The second-order valence-corrected chi connectivity index (χ2v) is 5.92. The fourth-order valence-electron chi connectivity index (χ4n) is 2.31. The fourth-order valence-corrected chi connectivity index (χ4v) is 3.11. The van der Waals surface area contributed by atoms with E-state index in [2.05, 4.69) is 30.8 Å². The van der Waals surface area contributed by atoms with Gasteiger partial charge in [0.05, 0.1) is 23.2 Å². The number of ether oxygens (including phenoxy) is 1. The van der Waals surface area contributed by atoms with Crippen LogP contribution in [0, 0.1) is 0 Å². The van der Waals surface area contributed by atoms with E-state index in [1.165, 1.54) is 12.8 Å². The number of rotatable bonds is 3. The maximum absolute atomic E-state index is 6.39. The number of halogens is 2. The molecule has 0 saturated heterocycles. The number of nitrogens with zero attached hydrogens (tertiary/aromatic N) is 3. The molecule has 2 rings (SSSR count). The number of alkyl halides is 1. The lowest BCUT2D eigenvalue weighted by Gasteiger charge is -2.34. The summed E-state index contributed by atoms with van der Waals surface area (Å²) in [7, 11) is 3.59. The van der Waals surface area contributed by atoms with E-state index in [0.29, 0.717) is 17.9 Å². The minimum absolute atomic E-state index is 0.169. The van der Waals surface area contributed by atoms with Crippen LogP contribution in [0.25, 0.3) is 0 Å². The molecule has 100 valence electrons. The quantitative estimate of drug-likeness (QED) is 0.796. The van der Waals surface area contributed by atoms with Crippen LogP contribution in [0.3, 0.4) is 0 Å². The zero-order valence-electron chi connectivity index (χ0n) is 10.6. The Morgan fingerprint density at radius 1 is 1.44 bits per heavy atom. The molecule has 0 spiro atoms. The largest absolute Gasteiger partial charge is 0.480 e. The summed E-state index contributed by atoms with van der Waals surface area (Å²) in [4.78, 5) is 10.8. The molecule has 2 unspecified atom stereocenters. The van der Waals surface area contributed by atoms with E-state index in [-0.39, 0.29) is 5.38 Å². The van der Waals surface area contributed by atoms with E-state index >= 15 is 0 Å². The van der Waals surface area contributed by atoms with Crippen molar-refractivity contribution in [3.8, 4) is 5.88 Å². The lowest BCUT2D eigenvalue weighted by molar-refractivity contribution is 0.390. The third-order valence-electron chi connectivity index (χ3n) is 3.35. The third-order valence-corrected chi connectivity index (χ3v) is 4.41. The van der Waals surface area contributed by atoms with Crippen LogP contribution in [-0.2, 0) is 0 Å². The van der Waals surface area contributed by atoms with Crippen molar-refractivity contribution in [2.45, 2.75) is 37.1 Å². The number of hydrogen-bond donors (Lipinski definition) is 0. The van der Waals surface area contributed by atoms with Crippen molar-refractivity contribution in [1.29, 1.82) is 0 Å². The highest BCUT2D eigenvalue weighted by Gasteiger charge is 2.28. The van der Waals surface area contributed by atoms with E-state index in [0.717, 1.165) is 17.3 Å². The monoisotopic (exact) mass is 333 g/mol. The van der Waals surface area contributed by atoms with Crippen LogP contribution < -0.4 is 9.64 Å². The maximum atomic E-state index is 6.39. The first kappa shape index (κ1) is 13.9. The Labute approximate surface area is 121 Å². The molecule has 1 aromatic rings. The van der Waals surface area contributed by atoms with Crippen LogP contribution in [-0.4, -0.2) is 35.5 Å². The van der Waals surface area contributed by atoms with Crippen LogP contribution in [0.5, 0.6) is 5.88 Å². The van der Waals surface area contributed by atoms with Gasteiger partial charge in [0, 0.05) is 13.1 Å². The average molecular weight is 335 g/mol. The maximum Gasteiger partial charge on any atom is 0.232 e. The summed E-state index contributed by atoms with van der Waals surface area (Å²) in [6.45, 7) is 0. The van der Waals surface area contributed by atoms with Gasteiger partial charge in [-0.1, -0.05) is 12.8 Å². The molecule has 6 heteroatoms. The van der Waals surface area contributed by atoms with E-state index in [1.807, 2.05) is 7.05 Å². The van der Waals surface area contributed by atoms with Crippen molar-refractivity contribution in [2.24, 2.45) is 0 Å². The molecule has 0 aromatic carbocycles. The van der Waals surface area contributed by atoms with E-state index in [4.69, 9.17) is 16.3 Å². The summed E-state index contributed by atoms with van der Waals surface area (Å²) in [6, 6.07) is 0.297. The van der Waals surface area contributed by atoms with Gasteiger partial charge in [-0.25, -0.2) is 4.98 Å². The lowest BCUT2D eigenvalue weighted by Crippen LogP contribution is -2.41. The predicted molar refractivity (Wildman–Crippen MR) is 76.6 cm³/mol. The van der Waals surface area contributed by atoms with E-state index in [1.54, 1.807) is 13.3 Å². The first-order chi connectivity index (χ1) is 8.63. The van der Waals surface area contributed by atoms with Crippen molar-refractivity contribution in [2.75, 3.05) is 19.1 Å². The Balaban J connectivity index is 2.19. The molecule has 0 N–H and O–H groups in total. The van der Waals surface area contributed by atoms with Gasteiger partial charge in [-0.05, 0) is 28.8 Å². The summed E-state index contributed by atoms with van der Waals surface area (Å²) >= 11 is 9.75. The van der Waals surface area contributed by atoms with Crippen molar-refractivity contribution >= 4 is 33.5 Å². The molecule has 2 atom stereocenters. The highest BCUT2D eigenvalue weighted by atomic mass is 79.9. The Morgan fingerprint density at radius 3 is 2.83 bits per heavy atom. The number of hydrogen-bond acceptors (Lipinski definition) is 4. The topological polar surface area (TPSA) is 38.2 Å². The number of methoxy groups -OCH3 is 1. The molecule has 0 radical (unpaired) electrons. The average Bonchev–Trinajstić information content (AvgIpc) is 2.39. The van der Waals surface area contributed by atoms with Crippen molar-refractivity contribution in [1.82, 2.24) is 9.97 Å². The van der Waals surface area contributed by atoms with Gasteiger partial charge in [0.1, 0.15) is 0 Å². The molecule has 0 aliphatic heterocycles. The molecule has 1 heterocycles. The molecule has 1 aliphatic rings. The molecule has 1 fully saturated rings. The van der Waals surface area contributed by atoms with Crippen LogP contribution in [0.2, 0.25) is 0 Å². The molecule has 4 nitrogen and oxygen atoms in total. The Morgan fingerprint density at radius 2 is 2.17 bits per heavy atom. The Hall–Kier alpha value is -0.550. The van der Waals surface area contributed by atoms with Gasteiger partial charge in [0.2, 0.25) is 11.8 Å². The fraction of sp³-hybridized carbons (Fsp3) is 0.667. The summed E-state index contributed by atoms with van der Waals surface area (Å²) in [6.07, 6.45) is 6.29. The Kier molecular flexibility index (Phi) is 4.67. The van der Waals surface area contributed by atoms with Gasteiger partial charge >= 0.3 is 0 Å². The zero-order valence-corrected chi connectivity index (χ0v) is 12.9. The molecule has 0 bridgehead atoms. The summed E-state index contributed by atoms with van der Waals surface area (Å²) < 4.78 is 5.95. The van der Waals surface area contributed by atoms with Crippen LogP contribution in [0.4, 0.5) is 5.95 Å². The van der Waals surface area contributed by atoms with Crippen molar-refractivity contribution in [3.05, 3.63) is 10.7 Å². The standard InChI is InChI=1S/C12H17BrClN3O/c1-17(10-6-4-3-5-9(10)14)12-15-7-8(13)11(16-12)18-2/h7,9-10H,3-6H2,1-2H3. The second kappa shape index (κ2) is 6.06. The minimum atomic E-state index is 0.169. The van der Waals surface area contributed by atoms with E-state index < -0.39 is 0 Å². The highest BCUT2D eigenvalue weighted by molar-refractivity contribution is 9.10. The molecule has 18 heavy (non-hydrogen) atoms. The molecular weight excluding hydrogens is 318 g/mol. The second-order valence-electron chi connectivity index (χ2n) is 4.51. The first-order valence-electron chi connectivity index (χ1n) is 6.07. The SMILES string of the molecule is COc1nc(N(C)C2CCCCC2Cl)ncc1Br. The van der Waals surface area contributed by atoms with Gasteiger partial charge in [0.25, 0.3) is 0 Å². The lowest BCUT2D eigenvalue weighted by atomic mass is 9.94. The molecule has 1 aliphatic carbocycles. The van der Waals surface area contributed by atoms with Gasteiger partial charge < -0.3 is 9.64 Å². The molecule has 0 amide bonds.